The summed E-state index contributed by atoms with van der Waals surface area (Å²) < 4.78 is 0. The van der Waals surface area contributed by atoms with Gasteiger partial charge in [-0.15, -0.1) is 0 Å². The maximum absolute atomic E-state index is 5.74. The molecule has 12 heavy (non-hydrogen) atoms. The van der Waals surface area contributed by atoms with Crippen LogP contribution in [0.1, 0.15) is 5.56 Å². The van der Waals surface area contributed by atoms with Gasteiger partial charge in [-0.25, -0.2) is 0 Å². The summed E-state index contributed by atoms with van der Waals surface area (Å²) in [6.45, 7) is 0. The molecule has 1 aromatic rings. The second kappa shape index (κ2) is 3.87. The lowest BCUT2D eigenvalue weighted by atomic mass is 10.2. The Morgan fingerprint density at radius 3 is 2.17 bits per heavy atom. The Hall–Kier alpha value is -0.600. The molecule has 0 saturated heterocycles. The summed E-state index contributed by atoms with van der Waals surface area (Å²) in [5, 5.41) is 0.736. The molecule has 1 nitrogen and oxygen atoms in total. The Balaban J connectivity index is 2.90. The standard InChI is InChI=1S/C9H10ClNS/c1-11(2)9(12)7-3-5-8(10)6-4-7/h3-6H,1-2H3. The average Bonchev–Trinajstić information content (AvgIpc) is 2.04. The van der Waals surface area contributed by atoms with Crippen LogP contribution in [0.2, 0.25) is 5.02 Å². The first kappa shape index (κ1) is 9.49. The number of hydrogen-bond acceptors (Lipinski definition) is 1. The molecule has 0 saturated carbocycles. The van der Waals surface area contributed by atoms with E-state index in [0.717, 1.165) is 15.6 Å². The SMILES string of the molecule is CN(C)C(=S)c1ccc(Cl)cc1. The predicted octanol–water partition coefficient (Wildman–Crippen LogP) is 2.58. The van der Waals surface area contributed by atoms with Gasteiger partial charge in [0, 0.05) is 24.7 Å². The summed E-state index contributed by atoms with van der Waals surface area (Å²) in [5.74, 6) is 0. The third kappa shape index (κ3) is 2.19. The Labute approximate surface area is 82.9 Å². The molecule has 0 bridgehead atoms. The van der Waals surface area contributed by atoms with Crippen LogP contribution in [0.4, 0.5) is 0 Å². The maximum atomic E-state index is 5.74. The number of nitrogens with zero attached hydrogens (tertiary/aromatic N) is 1. The number of halogens is 1. The van der Waals surface area contributed by atoms with Crippen LogP contribution in [0, 0.1) is 0 Å². The molecular weight excluding hydrogens is 190 g/mol. The first-order valence-electron chi connectivity index (χ1n) is 3.58. The lowest BCUT2D eigenvalue weighted by Crippen LogP contribution is -2.20. The van der Waals surface area contributed by atoms with Crippen LogP contribution < -0.4 is 0 Å². The van der Waals surface area contributed by atoms with E-state index < -0.39 is 0 Å². The van der Waals surface area contributed by atoms with E-state index in [-0.39, 0.29) is 0 Å². The zero-order chi connectivity index (χ0) is 9.14. The average molecular weight is 200 g/mol. The van der Waals surface area contributed by atoms with Gasteiger partial charge in [-0.2, -0.15) is 0 Å². The summed E-state index contributed by atoms with van der Waals surface area (Å²) in [6, 6.07) is 7.52. The Bertz CT molecular complexity index is 279. The molecule has 0 spiro atoms. The zero-order valence-corrected chi connectivity index (χ0v) is 8.62. The highest BCUT2D eigenvalue weighted by molar-refractivity contribution is 7.80. The second-order valence-corrected chi connectivity index (χ2v) is 3.53. The third-order valence-corrected chi connectivity index (χ3v) is 2.35. The van der Waals surface area contributed by atoms with Gasteiger partial charge >= 0.3 is 0 Å². The molecule has 0 fully saturated rings. The molecule has 0 amide bonds. The lowest BCUT2D eigenvalue weighted by molar-refractivity contribution is 0.636. The molecule has 0 N–H and O–H groups in total. The van der Waals surface area contributed by atoms with Crippen LogP contribution >= 0.6 is 23.8 Å². The molecule has 0 aliphatic rings. The first-order chi connectivity index (χ1) is 5.61. The van der Waals surface area contributed by atoms with Crippen LogP contribution in [-0.2, 0) is 0 Å². The molecule has 0 atom stereocenters. The van der Waals surface area contributed by atoms with Gasteiger partial charge in [0.15, 0.2) is 0 Å². The molecule has 0 aliphatic heterocycles. The topological polar surface area (TPSA) is 3.24 Å². The van der Waals surface area contributed by atoms with Crippen molar-refractivity contribution < 1.29 is 0 Å². The van der Waals surface area contributed by atoms with E-state index in [1.54, 1.807) is 0 Å². The fourth-order valence-corrected chi connectivity index (χ4v) is 1.11. The Kier molecular flexibility index (Phi) is 3.06. The summed E-state index contributed by atoms with van der Waals surface area (Å²) in [5.41, 5.74) is 1.03. The minimum atomic E-state index is 0.736. The largest absolute Gasteiger partial charge is 0.368 e. The van der Waals surface area contributed by atoms with E-state index in [1.165, 1.54) is 0 Å². The quantitative estimate of drug-likeness (QED) is 0.640. The van der Waals surface area contributed by atoms with Crippen LogP contribution in [0.5, 0.6) is 0 Å². The highest BCUT2D eigenvalue weighted by Gasteiger charge is 2.01. The minimum Gasteiger partial charge on any atom is -0.368 e. The van der Waals surface area contributed by atoms with Crippen molar-refractivity contribution in [1.29, 1.82) is 0 Å². The molecular formula is C9H10ClNS. The van der Waals surface area contributed by atoms with Gasteiger partial charge < -0.3 is 4.90 Å². The van der Waals surface area contributed by atoms with E-state index >= 15 is 0 Å². The molecule has 0 radical (unpaired) electrons. The van der Waals surface area contributed by atoms with Crippen molar-refractivity contribution >= 4 is 28.8 Å². The summed E-state index contributed by atoms with van der Waals surface area (Å²) in [7, 11) is 3.86. The monoisotopic (exact) mass is 199 g/mol. The van der Waals surface area contributed by atoms with Crippen LogP contribution in [0.3, 0.4) is 0 Å². The smallest absolute Gasteiger partial charge is 0.108 e. The third-order valence-electron chi connectivity index (χ3n) is 1.50. The molecule has 64 valence electrons. The molecule has 1 rings (SSSR count). The van der Waals surface area contributed by atoms with E-state index in [1.807, 2.05) is 43.3 Å². The zero-order valence-electron chi connectivity index (χ0n) is 7.04. The molecule has 3 heteroatoms. The minimum absolute atomic E-state index is 0.736. The second-order valence-electron chi connectivity index (χ2n) is 2.71. The Morgan fingerprint density at radius 2 is 1.75 bits per heavy atom. The fraction of sp³-hybridized carbons (Fsp3) is 0.222. The van der Waals surface area contributed by atoms with Crippen molar-refractivity contribution in [3.63, 3.8) is 0 Å². The van der Waals surface area contributed by atoms with Gasteiger partial charge in [0.05, 0.1) is 0 Å². The maximum Gasteiger partial charge on any atom is 0.108 e. The number of rotatable bonds is 1. The predicted molar refractivity (Wildman–Crippen MR) is 56.8 cm³/mol. The van der Waals surface area contributed by atoms with Gasteiger partial charge in [0.1, 0.15) is 4.99 Å². The van der Waals surface area contributed by atoms with E-state index in [9.17, 15) is 0 Å². The van der Waals surface area contributed by atoms with Crippen LogP contribution in [0.15, 0.2) is 24.3 Å². The lowest BCUT2D eigenvalue weighted by Gasteiger charge is -2.13. The van der Waals surface area contributed by atoms with Gasteiger partial charge in [-0.05, 0) is 12.1 Å². The summed E-state index contributed by atoms with van der Waals surface area (Å²) in [4.78, 5) is 2.73. The first-order valence-corrected chi connectivity index (χ1v) is 4.37. The van der Waals surface area contributed by atoms with Crippen molar-refractivity contribution in [2.24, 2.45) is 0 Å². The van der Waals surface area contributed by atoms with E-state index in [4.69, 9.17) is 23.8 Å². The molecule has 1 aromatic carbocycles. The van der Waals surface area contributed by atoms with Crippen molar-refractivity contribution in [3.8, 4) is 0 Å². The number of benzene rings is 1. The van der Waals surface area contributed by atoms with Crippen molar-refractivity contribution in [3.05, 3.63) is 34.9 Å². The fourth-order valence-electron chi connectivity index (χ4n) is 0.851. The Morgan fingerprint density at radius 1 is 1.25 bits per heavy atom. The van der Waals surface area contributed by atoms with Gasteiger partial charge in [-0.3, -0.25) is 0 Å². The van der Waals surface area contributed by atoms with Crippen LogP contribution in [-0.4, -0.2) is 24.0 Å². The molecule has 0 unspecified atom stereocenters. The van der Waals surface area contributed by atoms with Gasteiger partial charge in [0.25, 0.3) is 0 Å². The van der Waals surface area contributed by atoms with Crippen molar-refractivity contribution in [2.75, 3.05) is 14.1 Å². The summed E-state index contributed by atoms with van der Waals surface area (Å²) in [6.07, 6.45) is 0. The van der Waals surface area contributed by atoms with E-state index in [0.29, 0.717) is 0 Å². The molecule has 0 aliphatic carbocycles. The van der Waals surface area contributed by atoms with Crippen molar-refractivity contribution in [1.82, 2.24) is 4.90 Å². The van der Waals surface area contributed by atoms with Crippen molar-refractivity contribution in [2.45, 2.75) is 0 Å². The highest BCUT2D eigenvalue weighted by atomic mass is 35.5. The number of thiocarbonyl (C=S) groups is 1. The van der Waals surface area contributed by atoms with E-state index in [2.05, 4.69) is 0 Å². The normalized spacial score (nSPS) is 9.58. The molecule has 0 aromatic heterocycles. The van der Waals surface area contributed by atoms with Gasteiger partial charge in [-0.1, -0.05) is 36.0 Å². The molecule has 0 heterocycles. The summed E-state index contributed by atoms with van der Waals surface area (Å²) >= 11 is 10.9. The highest BCUT2D eigenvalue weighted by Crippen LogP contribution is 2.10. The van der Waals surface area contributed by atoms with Crippen LogP contribution in [0.25, 0.3) is 0 Å². The van der Waals surface area contributed by atoms with Gasteiger partial charge in [0.2, 0.25) is 0 Å². The number of hydrogen-bond donors (Lipinski definition) is 0.